The summed E-state index contributed by atoms with van der Waals surface area (Å²) >= 11 is 5.97. The highest BCUT2D eigenvalue weighted by Gasteiger charge is 2.37. The molecular formula is C13H16ClNO4S. The summed E-state index contributed by atoms with van der Waals surface area (Å²) in [5.41, 5.74) is 0.377. The van der Waals surface area contributed by atoms with Crippen LogP contribution in [0.15, 0.2) is 24.3 Å². The highest BCUT2D eigenvalue weighted by Crippen LogP contribution is 2.21. The lowest BCUT2D eigenvalue weighted by atomic mass is 10.1. The third kappa shape index (κ3) is 3.43. The number of rotatable bonds is 4. The summed E-state index contributed by atoms with van der Waals surface area (Å²) < 4.78 is 28.3. The van der Waals surface area contributed by atoms with Crippen LogP contribution in [0.1, 0.15) is 17.3 Å². The molecule has 0 radical (unpaired) electrons. The van der Waals surface area contributed by atoms with Crippen molar-refractivity contribution in [1.29, 1.82) is 0 Å². The van der Waals surface area contributed by atoms with Crippen molar-refractivity contribution in [2.45, 2.75) is 18.3 Å². The van der Waals surface area contributed by atoms with E-state index in [4.69, 9.17) is 16.3 Å². The molecule has 2 atom stereocenters. The Labute approximate surface area is 123 Å². The van der Waals surface area contributed by atoms with E-state index in [1.165, 1.54) is 0 Å². The van der Waals surface area contributed by atoms with Crippen LogP contribution in [0.3, 0.4) is 0 Å². The third-order valence-corrected chi connectivity index (χ3v) is 5.41. The standard InChI is InChI=1S/C13H16ClNO4S/c1-2-19-12-6-4-3-5-9(12)13(16)15-11-8-20(17,18)7-10(11)14/h3-6,10-11H,2,7-8H2,1H3,(H,15,16). The van der Waals surface area contributed by atoms with E-state index in [1.54, 1.807) is 24.3 Å². The minimum atomic E-state index is -3.17. The van der Waals surface area contributed by atoms with Gasteiger partial charge in [-0.15, -0.1) is 11.6 Å². The fourth-order valence-electron chi connectivity index (χ4n) is 2.12. The molecule has 1 N–H and O–H groups in total. The van der Waals surface area contributed by atoms with Crippen LogP contribution in [0, 0.1) is 0 Å². The summed E-state index contributed by atoms with van der Waals surface area (Å²) in [6, 6.07) is 6.26. The zero-order valence-electron chi connectivity index (χ0n) is 11.0. The van der Waals surface area contributed by atoms with Gasteiger partial charge in [-0.3, -0.25) is 4.79 Å². The van der Waals surface area contributed by atoms with Crippen LogP contribution in [0.5, 0.6) is 5.75 Å². The molecule has 20 heavy (non-hydrogen) atoms. The van der Waals surface area contributed by atoms with Crippen LogP contribution in [0.25, 0.3) is 0 Å². The Morgan fingerprint density at radius 3 is 2.70 bits per heavy atom. The van der Waals surface area contributed by atoms with Gasteiger partial charge in [0.25, 0.3) is 5.91 Å². The second-order valence-corrected chi connectivity index (χ2v) is 7.32. The number of sulfone groups is 1. The molecule has 1 saturated heterocycles. The topological polar surface area (TPSA) is 72.5 Å². The fourth-order valence-corrected chi connectivity index (χ4v) is 4.67. The number of hydrogen-bond donors (Lipinski definition) is 1. The molecule has 7 heteroatoms. The molecule has 110 valence electrons. The first kappa shape index (κ1) is 15.1. The molecule has 1 aromatic rings. The number of halogens is 1. The lowest BCUT2D eigenvalue weighted by Gasteiger charge is -2.16. The molecule has 1 heterocycles. The quantitative estimate of drug-likeness (QED) is 0.848. The smallest absolute Gasteiger partial charge is 0.255 e. The Morgan fingerprint density at radius 1 is 1.40 bits per heavy atom. The Morgan fingerprint density at radius 2 is 2.10 bits per heavy atom. The van der Waals surface area contributed by atoms with Crippen molar-refractivity contribution in [3.63, 3.8) is 0 Å². The van der Waals surface area contributed by atoms with Crippen molar-refractivity contribution in [1.82, 2.24) is 5.32 Å². The van der Waals surface area contributed by atoms with Crippen molar-refractivity contribution in [2.75, 3.05) is 18.1 Å². The molecule has 1 aliphatic heterocycles. The van der Waals surface area contributed by atoms with Crippen LogP contribution in [0.2, 0.25) is 0 Å². The van der Waals surface area contributed by atoms with Gasteiger partial charge >= 0.3 is 0 Å². The van der Waals surface area contributed by atoms with Crippen molar-refractivity contribution < 1.29 is 17.9 Å². The third-order valence-electron chi connectivity index (χ3n) is 3.03. The van der Waals surface area contributed by atoms with E-state index in [0.717, 1.165) is 0 Å². The first-order valence-electron chi connectivity index (χ1n) is 6.30. The van der Waals surface area contributed by atoms with E-state index in [9.17, 15) is 13.2 Å². The summed E-state index contributed by atoms with van der Waals surface area (Å²) in [6.07, 6.45) is 0. The minimum absolute atomic E-state index is 0.105. The monoisotopic (exact) mass is 317 g/mol. The number of carbonyl (C=O) groups is 1. The van der Waals surface area contributed by atoms with Crippen molar-refractivity contribution >= 4 is 27.3 Å². The Bertz CT molecular complexity index is 602. The number of nitrogens with one attached hydrogen (secondary N) is 1. The van der Waals surface area contributed by atoms with Gasteiger partial charge in [0.1, 0.15) is 5.75 Å². The molecule has 0 spiro atoms. The number of benzene rings is 1. The van der Waals surface area contributed by atoms with E-state index < -0.39 is 21.3 Å². The molecule has 1 fully saturated rings. The lowest BCUT2D eigenvalue weighted by Crippen LogP contribution is -2.40. The van der Waals surface area contributed by atoms with Gasteiger partial charge in [-0.05, 0) is 19.1 Å². The normalized spacial score (nSPS) is 24.3. The molecule has 0 aliphatic carbocycles. The van der Waals surface area contributed by atoms with Gasteiger partial charge in [-0.2, -0.15) is 0 Å². The number of amides is 1. The molecule has 1 aliphatic rings. The number of para-hydroxylation sites is 1. The Kier molecular flexibility index (Phi) is 4.55. The van der Waals surface area contributed by atoms with E-state index in [1.807, 2.05) is 6.92 Å². The van der Waals surface area contributed by atoms with Gasteiger partial charge in [0.05, 0.1) is 35.1 Å². The summed E-state index contributed by atoms with van der Waals surface area (Å²) in [5.74, 6) is -0.127. The largest absolute Gasteiger partial charge is 0.493 e. The molecule has 2 rings (SSSR count). The summed E-state index contributed by atoms with van der Waals surface area (Å²) in [4.78, 5) is 12.2. The number of ether oxygens (including phenoxy) is 1. The predicted octanol–water partition coefficient (Wildman–Crippen LogP) is 1.22. The first-order valence-corrected chi connectivity index (χ1v) is 8.56. The maximum atomic E-state index is 12.2. The molecule has 2 unspecified atom stereocenters. The van der Waals surface area contributed by atoms with Gasteiger partial charge in [0, 0.05) is 0 Å². The average Bonchev–Trinajstić information content (AvgIpc) is 2.63. The van der Waals surface area contributed by atoms with Gasteiger partial charge in [0.2, 0.25) is 0 Å². The molecule has 0 bridgehead atoms. The molecular weight excluding hydrogens is 302 g/mol. The van der Waals surface area contributed by atoms with E-state index in [0.29, 0.717) is 17.9 Å². The van der Waals surface area contributed by atoms with Crippen LogP contribution in [-0.2, 0) is 9.84 Å². The summed E-state index contributed by atoms with van der Waals surface area (Å²) in [7, 11) is -3.17. The minimum Gasteiger partial charge on any atom is -0.493 e. The van der Waals surface area contributed by atoms with Gasteiger partial charge in [0.15, 0.2) is 9.84 Å². The fraction of sp³-hybridized carbons (Fsp3) is 0.462. The van der Waals surface area contributed by atoms with E-state index >= 15 is 0 Å². The van der Waals surface area contributed by atoms with Crippen LogP contribution in [-0.4, -0.2) is 43.9 Å². The van der Waals surface area contributed by atoms with Crippen molar-refractivity contribution in [3.05, 3.63) is 29.8 Å². The highest BCUT2D eigenvalue weighted by molar-refractivity contribution is 7.91. The van der Waals surface area contributed by atoms with Gasteiger partial charge in [-0.25, -0.2) is 8.42 Å². The highest BCUT2D eigenvalue weighted by atomic mass is 35.5. The maximum absolute atomic E-state index is 12.2. The molecule has 0 aromatic heterocycles. The van der Waals surface area contributed by atoms with E-state index in [2.05, 4.69) is 5.32 Å². The molecule has 1 aromatic carbocycles. The molecule has 5 nitrogen and oxygen atoms in total. The van der Waals surface area contributed by atoms with Crippen LogP contribution in [0.4, 0.5) is 0 Å². The zero-order chi connectivity index (χ0) is 14.8. The zero-order valence-corrected chi connectivity index (χ0v) is 12.6. The van der Waals surface area contributed by atoms with Gasteiger partial charge in [-0.1, -0.05) is 12.1 Å². The Hall–Kier alpha value is -1.27. The second kappa shape index (κ2) is 6.01. The predicted molar refractivity (Wildman–Crippen MR) is 77.2 cm³/mol. The molecule has 1 amide bonds. The second-order valence-electron chi connectivity index (χ2n) is 4.60. The first-order chi connectivity index (χ1) is 9.43. The Balaban J connectivity index is 2.13. The number of carbonyl (C=O) groups excluding carboxylic acids is 1. The number of hydrogen-bond acceptors (Lipinski definition) is 4. The maximum Gasteiger partial charge on any atom is 0.255 e. The van der Waals surface area contributed by atoms with Crippen LogP contribution < -0.4 is 10.1 Å². The summed E-state index contributed by atoms with van der Waals surface area (Å²) in [6.45, 7) is 2.27. The lowest BCUT2D eigenvalue weighted by molar-refractivity contribution is 0.0938. The van der Waals surface area contributed by atoms with Crippen LogP contribution >= 0.6 is 11.6 Å². The van der Waals surface area contributed by atoms with Crippen molar-refractivity contribution in [3.8, 4) is 5.75 Å². The average molecular weight is 318 g/mol. The van der Waals surface area contributed by atoms with Gasteiger partial charge < -0.3 is 10.1 Å². The molecule has 0 saturated carbocycles. The number of alkyl halides is 1. The summed E-state index contributed by atoms with van der Waals surface area (Å²) in [5, 5.41) is 2.08. The SMILES string of the molecule is CCOc1ccccc1C(=O)NC1CS(=O)(=O)CC1Cl. The van der Waals surface area contributed by atoms with E-state index in [-0.39, 0.29) is 17.4 Å². The van der Waals surface area contributed by atoms with Crippen molar-refractivity contribution in [2.24, 2.45) is 0 Å².